The molecule has 1 fully saturated rings. The summed E-state index contributed by atoms with van der Waals surface area (Å²) in [5.41, 5.74) is 4.36. The van der Waals surface area contributed by atoms with Crippen LogP contribution in [0, 0.1) is 18.8 Å². The number of rotatable bonds is 7. The SMILES string of the molecule is Cc1ccccc1[C@H]1[C@H]2CC(CCCCCN(C)C)=C[C@H]2C[C@H]1O. The van der Waals surface area contributed by atoms with Gasteiger partial charge in [0.15, 0.2) is 0 Å². The molecule has 4 atom stereocenters. The standard InChI is InChI=1S/C22H33NO/c1-16-9-6-7-11-19(16)22-20-14-17(13-18(20)15-21(22)24)10-5-4-8-12-23(2)3/h6-7,9,11,13,18,20-22,24H,4-5,8,10,12,14-15H2,1-3H3/t18-,20-,21+,22-/m0/s1. The molecule has 0 bridgehead atoms. The van der Waals surface area contributed by atoms with Gasteiger partial charge in [0.25, 0.3) is 0 Å². The lowest BCUT2D eigenvalue weighted by Gasteiger charge is -2.24. The minimum Gasteiger partial charge on any atom is -0.392 e. The Kier molecular flexibility index (Phi) is 5.78. The summed E-state index contributed by atoms with van der Waals surface area (Å²) in [7, 11) is 4.30. The van der Waals surface area contributed by atoms with E-state index in [0.717, 1.165) is 6.42 Å². The zero-order chi connectivity index (χ0) is 17.1. The van der Waals surface area contributed by atoms with Crippen LogP contribution in [0.4, 0.5) is 0 Å². The summed E-state index contributed by atoms with van der Waals surface area (Å²) < 4.78 is 0. The lowest BCUT2D eigenvalue weighted by Crippen LogP contribution is -2.18. The summed E-state index contributed by atoms with van der Waals surface area (Å²) in [5, 5.41) is 10.6. The van der Waals surface area contributed by atoms with Gasteiger partial charge >= 0.3 is 0 Å². The second-order valence-electron chi connectivity index (χ2n) is 8.16. The van der Waals surface area contributed by atoms with E-state index >= 15 is 0 Å². The summed E-state index contributed by atoms with van der Waals surface area (Å²) in [5.74, 6) is 1.55. The number of hydrogen-bond acceptors (Lipinski definition) is 2. The van der Waals surface area contributed by atoms with Crippen molar-refractivity contribution in [1.29, 1.82) is 0 Å². The largest absolute Gasteiger partial charge is 0.392 e. The van der Waals surface area contributed by atoms with Gasteiger partial charge in [0, 0.05) is 5.92 Å². The molecule has 1 saturated carbocycles. The molecule has 1 N–H and O–H groups in total. The molecule has 0 heterocycles. The van der Waals surface area contributed by atoms with Crippen molar-refractivity contribution in [2.45, 2.75) is 57.5 Å². The molecule has 1 aromatic carbocycles. The van der Waals surface area contributed by atoms with E-state index in [1.54, 1.807) is 5.57 Å². The van der Waals surface area contributed by atoms with Crippen molar-refractivity contribution in [3.63, 3.8) is 0 Å². The Morgan fingerprint density at radius 3 is 2.67 bits per heavy atom. The summed E-state index contributed by atoms with van der Waals surface area (Å²) in [6.07, 6.45) is 9.71. The lowest BCUT2D eigenvalue weighted by molar-refractivity contribution is 0.153. The van der Waals surface area contributed by atoms with Gasteiger partial charge in [0.05, 0.1) is 6.10 Å². The summed E-state index contributed by atoms with van der Waals surface area (Å²) >= 11 is 0. The van der Waals surface area contributed by atoms with Crippen molar-refractivity contribution in [3.05, 3.63) is 47.0 Å². The number of hydrogen-bond donors (Lipinski definition) is 1. The van der Waals surface area contributed by atoms with Crippen LogP contribution in [0.15, 0.2) is 35.9 Å². The maximum absolute atomic E-state index is 10.6. The second-order valence-corrected chi connectivity index (χ2v) is 8.16. The Hall–Kier alpha value is -1.12. The van der Waals surface area contributed by atoms with Crippen LogP contribution in [-0.4, -0.2) is 36.8 Å². The first-order chi connectivity index (χ1) is 11.6. The third kappa shape index (κ3) is 3.92. The number of allylic oxidation sites excluding steroid dienone is 2. The van der Waals surface area contributed by atoms with Gasteiger partial charge in [-0.15, -0.1) is 0 Å². The highest BCUT2D eigenvalue weighted by Gasteiger charge is 2.45. The molecule has 0 spiro atoms. The van der Waals surface area contributed by atoms with Crippen molar-refractivity contribution >= 4 is 0 Å². The lowest BCUT2D eigenvalue weighted by atomic mass is 9.82. The quantitative estimate of drug-likeness (QED) is 0.587. The first kappa shape index (κ1) is 17.7. The number of benzene rings is 1. The van der Waals surface area contributed by atoms with Crippen molar-refractivity contribution < 1.29 is 5.11 Å². The first-order valence-electron chi connectivity index (χ1n) is 9.64. The minimum absolute atomic E-state index is 0.168. The Morgan fingerprint density at radius 2 is 1.92 bits per heavy atom. The Labute approximate surface area is 147 Å². The van der Waals surface area contributed by atoms with Crippen LogP contribution in [0.2, 0.25) is 0 Å². The van der Waals surface area contributed by atoms with Crippen molar-refractivity contribution in [1.82, 2.24) is 4.90 Å². The van der Waals surface area contributed by atoms with Gasteiger partial charge in [0.2, 0.25) is 0 Å². The molecule has 2 aliphatic rings. The molecule has 1 aromatic rings. The normalized spacial score (nSPS) is 29.1. The topological polar surface area (TPSA) is 23.5 Å². The average molecular weight is 328 g/mol. The highest BCUT2D eigenvalue weighted by atomic mass is 16.3. The van der Waals surface area contributed by atoms with E-state index in [1.165, 1.54) is 49.8 Å². The molecule has 2 nitrogen and oxygen atoms in total. The number of unbranched alkanes of at least 4 members (excludes halogenated alkanes) is 2. The summed E-state index contributed by atoms with van der Waals surface area (Å²) in [6, 6.07) is 8.63. The molecule has 0 saturated heterocycles. The van der Waals surface area contributed by atoms with Crippen LogP contribution < -0.4 is 0 Å². The van der Waals surface area contributed by atoms with E-state index < -0.39 is 0 Å². The van der Waals surface area contributed by atoms with Crippen LogP contribution >= 0.6 is 0 Å². The van der Waals surface area contributed by atoms with Crippen LogP contribution in [-0.2, 0) is 0 Å². The number of aryl methyl sites for hydroxylation is 1. The Balaban J connectivity index is 1.56. The first-order valence-corrected chi connectivity index (χ1v) is 9.64. The van der Waals surface area contributed by atoms with Gasteiger partial charge < -0.3 is 10.0 Å². The maximum Gasteiger partial charge on any atom is 0.0617 e. The molecule has 0 aromatic heterocycles. The van der Waals surface area contributed by atoms with Crippen molar-refractivity contribution in [2.75, 3.05) is 20.6 Å². The van der Waals surface area contributed by atoms with E-state index in [9.17, 15) is 5.11 Å². The molecule has 24 heavy (non-hydrogen) atoms. The monoisotopic (exact) mass is 327 g/mol. The summed E-state index contributed by atoms with van der Waals surface area (Å²) in [4.78, 5) is 2.27. The van der Waals surface area contributed by atoms with Gasteiger partial charge in [-0.05, 0) is 82.6 Å². The van der Waals surface area contributed by atoms with E-state index in [-0.39, 0.29) is 6.10 Å². The fraction of sp³-hybridized carbons (Fsp3) is 0.636. The number of aliphatic hydroxyl groups is 1. The fourth-order valence-electron chi connectivity index (χ4n) is 4.84. The Morgan fingerprint density at radius 1 is 1.12 bits per heavy atom. The van der Waals surface area contributed by atoms with E-state index in [2.05, 4.69) is 56.3 Å². The Bertz CT molecular complexity index is 577. The van der Waals surface area contributed by atoms with Gasteiger partial charge in [-0.2, -0.15) is 0 Å². The third-order valence-electron chi connectivity index (χ3n) is 6.04. The van der Waals surface area contributed by atoms with Gasteiger partial charge in [0.1, 0.15) is 0 Å². The molecule has 0 aliphatic heterocycles. The maximum atomic E-state index is 10.6. The average Bonchev–Trinajstić information content (AvgIpc) is 3.04. The van der Waals surface area contributed by atoms with E-state index in [4.69, 9.17) is 0 Å². The van der Waals surface area contributed by atoms with Gasteiger partial charge in [-0.25, -0.2) is 0 Å². The van der Waals surface area contributed by atoms with E-state index in [1.807, 2.05) is 0 Å². The van der Waals surface area contributed by atoms with Crippen LogP contribution in [0.5, 0.6) is 0 Å². The van der Waals surface area contributed by atoms with Crippen molar-refractivity contribution in [2.24, 2.45) is 11.8 Å². The molecule has 0 radical (unpaired) electrons. The number of nitrogens with zero attached hydrogens (tertiary/aromatic N) is 1. The van der Waals surface area contributed by atoms with Gasteiger partial charge in [-0.3, -0.25) is 0 Å². The third-order valence-corrected chi connectivity index (χ3v) is 6.04. The zero-order valence-electron chi connectivity index (χ0n) is 15.5. The highest BCUT2D eigenvalue weighted by molar-refractivity contribution is 5.34. The number of fused-ring (bicyclic) bond motifs is 1. The van der Waals surface area contributed by atoms with Crippen LogP contribution in [0.25, 0.3) is 0 Å². The van der Waals surface area contributed by atoms with Gasteiger partial charge in [-0.1, -0.05) is 42.3 Å². The smallest absolute Gasteiger partial charge is 0.0617 e. The zero-order valence-corrected chi connectivity index (χ0v) is 15.5. The molecule has 3 rings (SSSR count). The predicted octanol–water partition coefficient (Wildman–Crippen LogP) is 4.53. The molecule has 2 heteroatoms. The second kappa shape index (κ2) is 7.84. The fourth-order valence-corrected chi connectivity index (χ4v) is 4.84. The summed E-state index contributed by atoms with van der Waals surface area (Å²) in [6.45, 7) is 3.38. The van der Waals surface area contributed by atoms with Crippen LogP contribution in [0.1, 0.15) is 55.6 Å². The molecule has 0 amide bonds. The molecular weight excluding hydrogens is 294 g/mol. The highest BCUT2D eigenvalue weighted by Crippen LogP contribution is 2.52. The molecule has 132 valence electrons. The molecule has 0 unspecified atom stereocenters. The van der Waals surface area contributed by atoms with Crippen molar-refractivity contribution in [3.8, 4) is 0 Å². The predicted molar refractivity (Wildman–Crippen MR) is 101 cm³/mol. The molecular formula is C22H33NO. The molecule has 2 aliphatic carbocycles. The van der Waals surface area contributed by atoms with E-state index in [0.29, 0.717) is 17.8 Å². The van der Waals surface area contributed by atoms with Crippen LogP contribution in [0.3, 0.4) is 0 Å². The number of aliphatic hydroxyl groups excluding tert-OH is 1. The minimum atomic E-state index is -0.168.